The number of nitrogens with zero attached hydrogens (tertiary/aromatic N) is 2. The second-order valence-corrected chi connectivity index (χ2v) is 6.21. The minimum Gasteiger partial charge on any atom is -0.465 e. The highest BCUT2D eigenvalue weighted by Gasteiger charge is 2.22. The van der Waals surface area contributed by atoms with Crippen molar-refractivity contribution in [3.8, 4) is 0 Å². The van der Waals surface area contributed by atoms with Crippen molar-refractivity contribution >= 4 is 17.5 Å². The molecule has 1 amide bonds. The third-order valence-corrected chi connectivity index (χ3v) is 4.67. The summed E-state index contributed by atoms with van der Waals surface area (Å²) >= 11 is 0. The molecule has 0 aromatic heterocycles. The second-order valence-electron chi connectivity index (χ2n) is 6.21. The molecule has 1 fully saturated rings. The molecule has 2 aromatic carbocycles. The zero-order valence-corrected chi connectivity index (χ0v) is 14.5. The van der Waals surface area contributed by atoms with Gasteiger partial charge in [-0.25, -0.2) is 9.18 Å². The number of benzene rings is 2. The number of piperazine rings is 1. The lowest BCUT2D eigenvalue weighted by molar-refractivity contribution is 0.142. The summed E-state index contributed by atoms with van der Waals surface area (Å²) in [7, 11) is 0. The van der Waals surface area contributed by atoms with E-state index in [4.69, 9.17) is 10.8 Å². The van der Waals surface area contributed by atoms with Crippen LogP contribution >= 0.6 is 0 Å². The van der Waals surface area contributed by atoms with Gasteiger partial charge in [0.2, 0.25) is 0 Å². The van der Waals surface area contributed by atoms with E-state index in [1.165, 1.54) is 11.0 Å². The number of anilines is 2. The standard InChI is InChI=1S/C19H23FN4O2/c20-16-5-2-1-4-14(16)13-22-17-6-3-7-18(15(17)12-21)23-8-10-24(11-9-23)19(25)26/h1-7,22H,8-13,21H2,(H,25,26). The Morgan fingerprint density at radius 2 is 1.85 bits per heavy atom. The fourth-order valence-corrected chi connectivity index (χ4v) is 3.22. The summed E-state index contributed by atoms with van der Waals surface area (Å²) in [5.74, 6) is -0.241. The van der Waals surface area contributed by atoms with Crippen LogP contribution in [0.2, 0.25) is 0 Å². The van der Waals surface area contributed by atoms with Gasteiger partial charge in [0.25, 0.3) is 0 Å². The molecular formula is C19H23FN4O2. The average Bonchev–Trinajstić information content (AvgIpc) is 2.67. The van der Waals surface area contributed by atoms with Gasteiger partial charge in [-0.3, -0.25) is 0 Å². The van der Waals surface area contributed by atoms with E-state index >= 15 is 0 Å². The first-order valence-electron chi connectivity index (χ1n) is 8.62. The Labute approximate surface area is 152 Å². The predicted octanol–water partition coefficient (Wildman–Crippen LogP) is 2.70. The molecule has 0 radical (unpaired) electrons. The summed E-state index contributed by atoms with van der Waals surface area (Å²) in [6.45, 7) is 2.88. The summed E-state index contributed by atoms with van der Waals surface area (Å²) in [5, 5.41) is 12.4. The number of nitrogens with one attached hydrogen (secondary N) is 1. The van der Waals surface area contributed by atoms with Crippen molar-refractivity contribution in [1.82, 2.24) is 4.90 Å². The number of carbonyl (C=O) groups is 1. The number of hydrogen-bond acceptors (Lipinski definition) is 4. The predicted molar refractivity (Wildman–Crippen MR) is 99.9 cm³/mol. The van der Waals surface area contributed by atoms with E-state index in [2.05, 4.69) is 10.2 Å². The van der Waals surface area contributed by atoms with Gasteiger partial charge in [0.15, 0.2) is 0 Å². The molecule has 7 heteroatoms. The third kappa shape index (κ3) is 3.88. The van der Waals surface area contributed by atoms with E-state index in [0.717, 1.165) is 16.9 Å². The minimum absolute atomic E-state index is 0.241. The van der Waals surface area contributed by atoms with Gasteiger partial charge < -0.3 is 26.0 Å². The number of amides is 1. The molecule has 0 unspecified atom stereocenters. The van der Waals surface area contributed by atoms with Crippen LogP contribution in [0.5, 0.6) is 0 Å². The first-order valence-corrected chi connectivity index (χ1v) is 8.62. The van der Waals surface area contributed by atoms with Crippen molar-refractivity contribution in [2.75, 3.05) is 36.4 Å². The van der Waals surface area contributed by atoms with Crippen LogP contribution in [0, 0.1) is 5.82 Å². The summed E-state index contributed by atoms with van der Waals surface area (Å²) in [6.07, 6.45) is -0.885. The van der Waals surface area contributed by atoms with E-state index < -0.39 is 6.09 Å². The Bertz CT molecular complexity index is 776. The molecule has 0 aliphatic carbocycles. The van der Waals surface area contributed by atoms with Crippen molar-refractivity contribution < 1.29 is 14.3 Å². The molecule has 138 valence electrons. The molecule has 6 nitrogen and oxygen atoms in total. The maximum Gasteiger partial charge on any atom is 0.407 e. The van der Waals surface area contributed by atoms with Crippen LogP contribution in [-0.4, -0.2) is 42.3 Å². The Morgan fingerprint density at radius 3 is 2.50 bits per heavy atom. The molecule has 0 atom stereocenters. The topological polar surface area (TPSA) is 81.8 Å². The van der Waals surface area contributed by atoms with Crippen molar-refractivity contribution in [3.63, 3.8) is 0 Å². The first-order chi connectivity index (χ1) is 12.6. The number of nitrogens with two attached hydrogens (primary N) is 1. The molecule has 1 aliphatic heterocycles. The molecular weight excluding hydrogens is 335 g/mol. The number of rotatable bonds is 5. The Morgan fingerprint density at radius 1 is 1.12 bits per heavy atom. The zero-order valence-electron chi connectivity index (χ0n) is 14.5. The fraction of sp³-hybridized carbons (Fsp3) is 0.316. The van der Waals surface area contributed by atoms with Crippen LogP contribution < -0.4 is 16.0 Å². The monoisotopic (exact) mass is 358 g/mol. The number of hydrogen-bond donors (Lipinski definition) is 3. The van der Waals surface area contributed by atoms with Gasteiger partial charge in [0, 0.05) is 61.8 Å². The van der Waals surface area contributed by atoms with Gasteiger partial charge in [-0.05, 0) is 18.2 Å². The first kappa shape index (κ1) is 18.0. The van der Waals surface area contributed by atoms with E-state index in [1.807, 2.05) is 24.3 Å². The summed E-state index contributed by atoms with van der Waals surface area (Å²) in [4.78, 5) is 14.6. The lowest BCUT2D eigenvalue weighted by Crippen LogP contribution is -2.48. The van der Waals surface area contributed by atoms with Crippen molar-refractivity contribution in [3.05, 3.63) is 59.4 Å². The van der Waals surface area contributed by atoms with Gasteiger partial charge in [-0.2, -0.15) is 0 Å². The van der Waals surface area contributed by atoms with Crippen molar-refractivity contribution in [2.24, 2.45) is 5.73 Å². The van der Waals surface area contributed by atoms with Gasteiger partial charge in [0.1, 0.15) is 5.82 Å². The summed E-state index contributed by atoms with van der Waals surface area (Å²) in [5.41, 5.74) is 9.40. The largest absolute Gasteiger partial charge is 0.465 e. The number of carboxylic acid groups (broad SMARTS) is 1. The maximum atomic E-state index is 13.8. The summed E-state index contributed by atoms with van der Waals surface area (Å²) in [6, 6.07) is 12.5. The van der Waals surface area contributed by atoms with E-state index in [1.54, 1.807) is 12.1 Å². The van der Waals surface area contributed by atoms with Gasteiger partial charge in [0.05, 0.1) is 0 Å². The molecule has 2 aromatic rings. The van der Waals surface area contributed by atoms with Crippen LogP contribution in [0.1, 0.15) is 11.1 Å². The maximum absolute atomic E-state index is 13.8. The molecule has 1 saturated heterocycles. The lowest BCUT2D eigenvalue weighted by atomic mass is 10.1. The normalized spacial score (nSPS) is 14.4. The van der Waals surface area contributed by atoms with Gasteiger partial charge >= 0.3 is 6.09 Å². The Balaban J connectivity index is 1.75. The minimum atomic E-state index is -0.885. The van der Waals surface area contributed by atoms with Gasteiger partial charge in [-0.1, -0.05) is 24.3 Å². The Hall–Kier alpha value is -2.80. The summed E-state index contributed by atoms with van der Waals surface area (Å²) < 4.78 is 13.8. The fourth-order valence-electron chi connectivity index (χ4n) is 3.22. The smallest absolute Gasteiger partial charge is 0.407 e. The molecule has 4 N–H and O–H groups in total. The van der Waals surface area contributed by atoms with Crippen LogP contribution in [0.15, 0.2) is 42.5 Å². The quantitative estimate of drug-likeness (QED) is 0.766. The highest BCUT2D eigenvalue weighted by atomic mass is 19.1. The lowest BCUT2D eigenvalue weighted by Gasteiger charge is -2.36. The average molecular weight is 358 g/mol. The van der Waals surface area contributed by atoms with Gasteiger partial charge in [-0.15, -0.1) is 0 Å². The van der Waals surface area contributed by atoms with Crippen LogP contribution in [-0.2, 0) is 13.1 Å². The van der Waals surface area contributed by atoms with Crippen molar-refractivity contribution in [1.29, 1.82) is 0 Å². The van der Waals surface area contributed by atoms with E-state index in [-0.39, 0.29) is 5.82 Å². The van der Waals surface area contributed by atoms with E-state index in [9.17, 15) is 9.18 Å². The molecule has 1 aliphatic rings. The Kier molecular flexibility index (Phi) is 5.58. The molecule has 26 heavy (non-hydrogen) atoms. The molecule has 0 saturated carbocycles. The van der Waals surface area contributed by atoms with Crippen LogP contribution in [0.4, 0.5) is 20.6 Å². The van der Waals surface area contributed by atoms with Crippen LogP contribution in [0.3, 0.4) is 0 Å². The molecule has 3 rings (SSSR count). The second kappa shape index (κ2) is 8.05. The SMILES string of the molecule is NCc1c(NCc2ccccc2F)cccc1N1CCN(C(=O)O)CC1. The number of halogens is 1. The van der Waals surface area contributed by atoms with Crippen molar-refractivity contribution in [2.45, 2.75) is 13.1 Å². The molecule has 1 heterocycles. The highest BCUT2D eigenvalue weighted by Crippen LogP contribution is 2.29. The molecule has 0 bridgehead atoms. The molecule has 0 spiro atoms. The zero-order chi connectivity index (χ0) is 18.5. The van der Waals surface area contributed by atoms with Crippen LogP contribution in [0.25, 0.3) is 0 Å². The van der Waals surface area contributed by atoms with E-state index in [0.29, 0.717) is 44.8 Å². The third-order valence-electron chi connectivity index (χ3n) is 4.67. The highest BCUT2D eigenvalue weighted by molar-refractivity contribution is 5.68.